The predicted molar refractivity (Wildman–Crippen MR) is 55.6 cm³/mol. The number of hydrogen-bond acceptors (Lipinski definition) is 3. The first kappa shape index (κ1) is 9.86. The smallest absolute Gasteiger partial charge is 0.110 e. The zero-order valence-corrected chi connectivity index (χ0v) is 8.74. The van der Waals surface area contributed by atoms with E-state index in [1.54, 1.807) is 0 Å². The molecule has 3 nitrogen and oxygen atoms in total. The maximum atomic E-state index is 4.10. The predicted octanol–water partition coefficient (Wildman–Crippen LogP) is 1.02. The molecule has 0 saturated carbocycles. The quantitative estimate of drug-likeness (QED) is 0.678. The van der Waals surface area contributed by atoms with Crippen LogP contribution >= 0.6 is 11.8 Å². The van der Waals surface area contributed by atoms with Crippen molar-refractivity contribution in [1.82, 2.24) is 10.9 Å². The van der Waals surface area contributed by atoms with Gasteiger partial charge in [0.15, 0.2) is 0 Å². The molecular formula is C8H17N3S. The van der Waals surface area contributed by atoms with Gasteiger partial charge in [-0.1, -0.05) is 6.92 Å². The van der Waals surface area contributed by atoms with Gasteiger partial charge in [0.2, 0.25) is 0 Å². The molecule has 70 valence electrons. The first-order valence-electron chi connectivity index (χ1n) is 4.28. The highest BCUT2D eigenvalue weighted by molar-refractivity contribution is 7.99. The molecule has 1 heterocycles. The van der Waals surface area contributed by atoms with Crippen molar-refractivity contribution in [1.29, 1.82) is 0 Å². The second-order valence-electron chi connectivity index (χ2n) is 3.03. The van der Waals surface area contributed by atoms with Gasteiger partial charge in [0.25, 0.3) is 0 Å². The average molecular weight is 187 g/mol. The third-order valence-electron chi connectivity index (χ3n) is 2.30. The summed E-state index contributed by atoms with van der Waals surface area (Å²) in [6, 6.07) is 0.575. The maximum Gasteiger partial charge on any atom is 0.110 e. The second-order valence-corrected chi connectivity index (χ2v) is 4.24. The van der Waals surface area contributed by atoms with Crippen molar-refractivity contribution in [3.8, 4) is 0 Å². The van der Waals surface area contributed by atoms with E-state index in [0.29, 0.717) is 11.3 Å². The Morgan fingerprint density at radius 1 is 1.67 bits per heavy atom. The van der Waals surface area contributed by atoms with Gasteiger partial charge in [-0.25, -0.2) is 5.43 Å². The minimum absolute atomic E-state index is 0.575. The lowest BCUT2D eigenvalue weighted by Gasteiger charge is -2.29. The van der Waals surface area contributed by atoms with Gasteiger partial charge in [-0.05, 0) is 12.7 Å². The molecule has 1 fully saturated rings. The molecule has 4 heteroatoms. The van der Waals surface area contributed by atoms with Crippen molar-refractivity contribution in [2.24, 2.45) is 4.99 Å². The van der Waals surface area contributed by atoms with E-state index in [-0.39, 0.29) is 0 Å². The van der Waals surface area contributed by atoms with Gasteiger partial charge in [-0.3, -0.25) is 4.99 Å². The van der Waals surface area contributed by atoms with E-state index < -0.39 is 0 Å². The summed E-state index contributed by atoms with van der Waals surface area (Å²) >= 11 is 1.90. The largest absolute Gasteiger partial charge is 0.309 e. The molecule has 0 aliphatic carbocycles. The lowest BCUT2D eigenvalue weighted by atomic mass is 10.1. The molecule has 0 aromatic rings. The highest BCUT2D eigenvalue weighted by Gasteiger charge is 2.20. The summed E-state index contributed by atoms with van der Waals surface area (Å²) in [5, 5.41) is 0.663. The minimum atomic E-state index is 0.575. The minimum Gasteiger partial charge on any atom is -0.309 e. The fourth-order valence-electron chi connectivity index (χ4n) is 1.29. The molecule has 0 radical (unpaired) electrons. The average Bonchev–Trinajstić information content (AvgIpc) is 2.17. The number of hydrogen-bond donors (Lipinski definition) is 2. The van der Waals surface area contributed by atoms with Crippen molar-refractivity contribution in [3.05, 3.63) is 0 Å². The van der Waals surface area contributed by atoms with Crippen LogP contribution in [0.3, 0.4) is 0 Å². The van der Waals surface area contributed by atoms with Gasteiger partial charge >= 0.3 is 0 Å². The number of rotatable bonds is 2. The van der Waals surface area contributed by atoms with Crippen LogP contribution in [0.4, 0.5) is 0 Å². The Balaban J connectivity index is 2.35. The van der Waals surface area contributed by atoms with Crippen molar-refractivity contribution in [2.75, 3.05) is 13.3 Å². The number of nitrogens with one attached hydrogen (secondary N) is 2. The zero-order valence-electron chi connectivity index (χ0n) is 7.92. The van der Waals surface area contributed by atoms with Gasteiger partial charge in [-0.2, -0.15) is 11.8 Å². The van der Waals surface area contributed by atoms with Crippen LogP contribution in [0.25, 0.3) is 0 Å². The highest BCUT2D eigenvalue weighted by atomic mass is 32.2. The molecule has 1 rings (SSSR count). The van der Waals surface area contributed by atoms with Gasteiger partial charge in [-0.15, -0.1) is 0 Å². The number of amidine groups is 1. The van der Waals surface area contributed by atoms with Crippen LogP contribution in [0.1, 0.15) is 19.8 Å². The summed E-state index contributed by atoms with van der Waals surface area (Å²) in [6.45, 7) is 2.25. The molecule has 1 aliphatic rings. The van der Waals surface area contributed by atoms with Crippen LogP contribution in [0, 0.1) is 0 Å². The van der Waals surface area contributed by atoms with E-state index in [1.165, 1.54) is 6.42 Å². The summed E-state index contributed by atoms with van der Waals surface area (Å²) in [5.41, 5.74) is 6.39. The lowest BCUT2D eigenvalue weighted by Crippen LogP contribution is -2.52. The summed E-state index contributed by atoms with van der Waals surface area (Å²) in [5.74, 6) is 1.07. The number of thioether (sulfide) groups is 1. The third-order valence-corrected chi connectivity index (χ3v) is 3.37. The van der Waals surface area contributed by atoms with Crippen LogP contribution in [0.5, 0.6) is 0 Å². The van der Waals surface area contributed by atoms with Gasteiger partial charge < -0.3 is 5.43 Å². The summed E-state index contributed by atoms with van der Waals surface area (Å²) in [7, 11) is 1.82. The van der Waals surface area contributed by atoms with Gasteiger partial charge in [0, 0.05) is 24.8 Å². The Kier molecular flexibility index (Phi) is 3.88. The van der Waals surface area contributed by atoms with Crippen LogP contribution in [-0.4, -0.2) is 30.4 Å². The number of nitrogens with zero attached hydrogens (tertiary/aromatic N) is 1. The fraction of sp³-hybridized carbons (Fsp3) is 0.875. The SMILES string of the molecule is CN=C1CC[C@H](C(C)SC)NN1. The van der Waals surface area contributed by atoms with E-state index in [4.69, 9.17) is 0 Å². The number of hydrazine groups is 1. The third kappa shape index (κ3) is 2.38. The normalized spacial score (nSPS) is 29.9. The first-order valence-corrected chi connectivity index (χ1v) is 5.56. The number of aliphatic imine (C=N–C) groups is 1. The Morgan fingerprint density at radius 2 is 2.42 bits per heavy atom. The molecule has 1 aliphatic heterocycles. The highest BCUT2D eigenvalue weighted by Crippen LogP contribution is 2.16. The standard InChI is InChI=1S/C8H17N3S/c1-6(12-3)7-4-5-8(9-2)11-10-7/h6-7,10H,4-5H2,1-3H3,(H,9,11)/t6?,7-/m1/s1. The lowest BCUT2D eigenvalue weighted by molar-refractivity contribution is 0.429. The summed E-state index contributed by atoms with van der Waals surface area (Å²) in [4.78, 5) is 4.10. The van der Waals surface area contributed by atoms with Crippen LogP contribution in [0.15, 0.2) is 4.99 Å². The zero-order chi connectivity index (χ0) is 8.97. The molecule has 2 atom stereocenters. The molecule has 0 aromatic carbocycles. The molecule has 12 heavy (non-hydrogen) atoms. The Labute approximate surface area is 78.4 Å². The topological polar surface area (TPSA) is 36.4 Å². The van der Waals surface area contributed by atoms with Crippen molar-refractivity contribution in [2.45, 2.75) is 31.1 Å². The first-order chi connectivity index (χ1) is 5.77. The fourth-order valence-corrected chi connectivity index (χ4v) is 1.82. The molecule has 0 aromatic heterocycles. The van der Waals surface area contributed by atoms with Crippen molar-refractivity contribution < 1.29 is 0 Å². The van der Waals surface area contributed by atoms with Gasteiger partial charge in [0.1, 0.15) is 5.84 Å². The molecule has 2 N–H and O–H groups in total. The molecule has 0 amide bonds. The van der Waals surface area contributed by atoms with Crippen LogP contribution < -0.4 is 10.9 Å². The van der Waals surface area contributed by atoms with Crippen molar-refractivity contribution >= 4 is 17.6 Å². The molecule has 1 saturated heterocycles. The van der Waals surface area contributed by atoms with Crippen LogP contribution in [-0.2, 0) is 0 Å². The van der Waals surface area contributed by atoms with E-state index >= 15 is 0 Å². The Bertz CT molecular complexity index is 160. The van der Waals surface area contributed by atoms with E-state index in [9.17, 15) is 0 Å². The molecule has 0 bridgehead atoms. The van der Waals surface area contributed by atoms with E-state index in [1.807, 2.05) is 18.8 Å². The molecule has 0 spiro atoms. The maximum absolute atomic E-state index is 4.10. The molecule has 1 unspecified atom stereocenters. The van der Waals surface area contributed by atoms with Gasteiger partial charge in [0.05, 0.1) is 0 Å². The Hall–Kier alpha value is -0.220. The van der Waals surface area contributed by atoms with E-state index in [2.05, 4.69) is 29.0 Å². The molecular weight excluding hydrogens is 170 g/mol. The van der Waals surface area contributed by atoms with Crippen molar-refractivity contribution in [3.63, 3.8) is 0 Å². The Morgan fingerprint density at radius 3 is 2.83 bits per heavy atom. The van der Waals surface area contributed by atoms with Crippen LogP contribution in [0.2, 0.25) is 0 Å². The second kappa shape index (κ2) is 4.72. The van der Waals surface area contributed by atoms with E-state index in [0.717, 1.165) is 12.3 Å². The summed E-state index contributed by atoms with van der Waals surface area (Å²) in [6.07, 6.45) is 4.40. The monoisotopic (exact) mass is 187 g/mol. The summed E-state index contributed by atoms with van der Waals surface area (Å²) < 4.78 is 0.